The Labute approximate surface area is 175 Å². The molecule has 0 atom stereocenters. The van der Waals surface area contributed by atoms with Gasteiger partial charge in [-0.15, -0.1) is 0 Å². The molecule has 1 aliphatic heterocycles. The second-order valence-corrected chi connectivity index (χ2v) is 10.4. The molecule has 1 aliphatic carbocycles. The van der Waals surface area contributed by atoms with E-state index in [1.54, 1.807) is 24.3 Å². The van der Waals surface area contributed by atoms with E-state index < -0.39 is 10.0 Å². The Kier molecular flexibility index (Phi) is 6.10. The van der Waals surface area contributed by atoms with Gasteiger partial charge in [-0.1, -0.05) is 11.3 Å². The van der Waals surface area contributed by atoms with Crippen molar-refractivity contribution in [3.05, 3.63) is 44.5 Å². The number of benzene rings is 1. The molecule has 0 radical (unpaired) electrons. The van der Waals surface area contributed by atoms with Gasteiger partial charge in [0.05, 0.1) is 18.2 Å². The van der Waals surface area contributed by atoms with Crippen LogP contribution in [0, 0.1) is 0 Å². The molecule has 0 amide bonds. The number of aryl methyl sites for hydroxylation is 1. The lowest BCUT2D eigenvalue weighted by molar-refractivity contribution is 0.149. The third-order valence-corrected chi connectivity index (χ3v) is 8.59. The van der Waals surface area contributed by atoms with Crippen LogP contribution in [0.2, 0.25) is 0 Å². The van der Waals surface area contributed by atoms with Crippen LogP contribution in [0.15, 0.2) is 34.0 Å². The van der Waals surface area contributed by atoms with E-state index in [2.05, 4.69) is 4.90 Å². The van der Waals surface area contributed by atoms with E-state index in [4.69, 9.17) is 4.74 Å². The Morgan fingerprint density at radius 2 is 1.72 bits per heavy atom. The number of rotatable bonds is 6. The summed E-state index contributed by atoms with van der Waals surface area (Å²) in [5.74, 6) is 0.667. The number of hydrogen-bond donors (Lipinski definition) is 0. The first-order valence-electron chi connectivity index (χ1n) is 10.2. The van der Waals surface area contributed by atoms with Crippen LogP contribution in [-0.4, -0.2) is 55.0 Å². The van der Waals surface area contributed by atoms with Crippen LogP contribution in [-0.2, 0) is 29.5 Å². The van der Waals surface area contributed by atoms with Gasteiger partial charge in [0.15, 0.2) is 0 Å². The molecule has 1 aromatic carbocycles. The van der Waals surface area contributed by atoms with Crippen molar-refractivity contribution in [3.8, 4) is 5.75 Å². The largest absolute Gasteiger partial charge is 0.494 e. The van der Waals surface area contributed by atoms with E-state index in [-0.39, 0.29) is 9.77 Å². The molecule has 0 spiro atoms. The summed E-state index contributed by atoms with van der Waals surface area (Å²) in [6.07, 6.45) is 4.28. The second kappa shape index (κ2) is 8.59. The fourth-order valence-corrected chi connectivity index (χ4v) is 6.49. The highest BCUT2D eigenvalue weighted by Crippen LogP contribution is 2.24. The molecule has 1 saturated heterocycles. The molecule has 158 valence electrons. The Bertz CT molecular complexity index is 1000. The van der Waals surface area contributed by atoms with Crippen LogP contribution in [0.1, 0.15) is 30.3 Å². The summed E-state index contributed by atoms with van der Waals surface area (Å²) >= 11 is 1.38. The SMILES string of the molecule is CCOc1ccc(S(=O)(=O)N2CCN(Cn3c4c(sc3=O)CCCC4)CC2)cc1. The third-order valence-electron chi connectivity index (χ3n) is 5.59. The fourth-order valence-electron chi connectivity index (χ4n) is 4.01. The minimum Gasteiger partial charge on any atom is -0.494 e. The van der Waals surface area contributed by atoms with Crippen molar-refractivity contribution >= 4 is 21.4 Å². The van der Waals surface area contributed by atoms with Gasteiger partial charge in [-0.05, 0) is 56.9 Å². The predicted octanol–water partition coefficient (Wildman–Crippen LogP) is 2.15. The molecule has 9 heteroatoms. The number of sulfonamides is 1. The first kappa shape index (κ1) is 20.6. The summed E-state index contributed by atoms with van der Waals surface area (Å²) in [7, 11) is -3.52. The molecule has 0 saturated carbocycles. The summed E-state index contributed by atoms with van der Waals surface area (Å²) < 4.78 is 34.7. The van der Waals surface area contributed by atoms with E-state index in [0.717, 1.165) is 25.7 Å². The third kappa shape index (κ3) is 4.28. The number of piperazine rings is 1. The maximum Gasteiger partial charge on any atom is 0.308 e. The average Bonchev–Trinajstić information content (AvgIpc) is 3.04. The first-order chi connectivity index (χ1) is 14.0. The lowest BCUT2D eigenvalue weighted by Gasteiger charge is -2.34. The van der Waals surface area contributed by atoms with Crippen molar-refractivity contribution in [1.82, 2.24) is 13.8 Å². The van der Waals surface area contributed by atoms with Gasteiger partial charge in [0.2, 0.25) is 10.0 Å². The minimum absolute atomic E-state index is 0.112. The van der Waals surface area contributed by atoms with Crippen molar-refractivity contribution in [2.45, 2.75) is 44.2 Å². The maximum atomic E-state index is 12.9. The van der Waals surface area contributed by atoms with Gasteiger partial charge in [0, 0.05) is 36.8 Å². The fraction of sp³-hybridized carbons (Fsp3) is 0.550. The quantitative estimate of drug-likeness (QED) is 0.693. The number of nitrogens with zero attached hydrogens (tertiary/aromatic N) is 3. The lowest BCUT2D eigenvalue weighted by atomic mass is 10.0. The molecular formula is C20H27N3O4S2. The van der Waals surface area contributed by atoms with Gasteiger partial charge in [0.1, 0.15) is 5.75 Å². The van der Waals surface area contributed by atoms with E-state index in [1.165, 1.54) is 26.2 Å². The maximum absolute atomic E-state index is 12.9. The Morgan fingerprint density at radius 3 is 2.41 bits per heavy atom. The summed E-state index contributed by atoms with van der Waals surface area (Å²) in [6, 6.07) is 6.59. The number of thiazole rings is 1. The Balaban J connectivity index is 1.40. The zero-order valence-corrected chi connectivity index (χ0v) is 18.3. The first-order valence-corrected chi connectivity index (χ1v) is 12.4. The average molecular weight is 438 g/mol. The lowest BCUT2D eigenvalue weighted by Crippen LogP contribution is -2.49. The van der Waals surface area contributed by atoms with Crippen LogP contribution < -0.4 is 9.61 Å². The summed E-state index contributed by atoms with van der Waals surface area (Å²) in [4.78, 5) is 16.2. The van der Waals surface area contributed by atoms with E-state index in [1.807, 2.05) is 11.5 Å². The molecule has 7 nitrogen and oxygen atoms in total. The van der Waals surface area contributed by atoms with E-state index in [0.29, 0.717) is 45.2 Å². The van der Waals surface area contributed by atoms with E-state index in [9.17, 15) is 13.2 Å². The topological polar surface area (TPSA) is 71.9 Å². The van der Waals surface area contributed by atoms with Gasteiger partial charge >= 0.3 is 4.87 Å². The zero-order valence-electron chi connectivity index (χ0n) is 16.7. The zero-order chi connectivity index (χ0) is 20.4. The second-order valence-electron chi connectivity index (χ2n) is 7.44. The summed E-state index contributed by atoms with van der Waals surface area (Å²) in [6.45, 7) is 5.09. The molecule has 2 aliphatic rings. The molecule has 1 aromatic heterocycles. The van der Waals surface area contributed by atoms with Gasteiger partial charge in [-0.2, -0.15) is 4.31 Å². The van der Waals surface area contributed by atoms with Gasteiger partial charge in [-0.3, -0.25) is 14.3 Å². The predicted molar refractivity (Wildman–Crippen MR) is 113 cm³/mol. The highest BCUT2D eigenvalue weighted by atomic mass is 32.2. The van der Waals surface area contributed by atoms with Crippen molar-refractivity contribution in [3.63, 3.8) is 0 Å². The molecule has 2 heterocycles. The van der Waals surface area contributed by atoms with Gasteiger partial charge in [0.25, 0.3) is 0 Å². The number of fused-ring (bicyclic) bond motifs is 1. The van der Waals surface area contributed by atoms with Gasteiger partial charge < -0.3 is 4.74 Å². The van der Waals surface area contributed by atoms with Crippen LogP contribution in [0.5, 0.6) is 5.75 Å². The Morgan fingerprint density at radius 1 is 1.03 bits per heavy atom. The summed E-state index contributed by atoms with van der Waals surface area (Å²) in [5.41, 5.74) is 1.19. The highest BCUT2D eigenvalue weighted by Gasteiger charge is 2.29. The Hall–Kier alpha value is -1.68. The monoisotopic (exact) mass is 437 g/mol. The molecule has 0 unspecified atom stereocenters. The highest BCUT2D eigenvalue weighted by molar-refractivity contribution is 7.89. The van der Waals surface area contributed by atoms with Gasteiger partial charge in [-0.25, -0.2) is 8.42 Å². The molecule has 0 bridgehead atoms. The van der Waals surface area contributed by atoms with Crippen LogP contribution >= 0.6 is 11.3 Å². The number of aromatic nitrogens is 1. The van der Waals surface area contributed by atoms with Crippen LogP contribution in [0.4, 0.5) is 0 Å². The summed E-state index contributed by atoms with van der Waals surface area (Å²) in [5, 5.41) is 0. The van der Waals surface area contributed by atoms with E-state index >= 15 is 0 Å². The standard InChI is InChI=1S/C20H27N3O4S2/c1-2-27-16-7-9-17(10-8-16)29(25,26)22-13-11-21(12-14-22)15-23-18-5-3-4-6-19(18)28-20(23)24/h7-10H,2-6,11-15H2,1H3. The molecule has 2 aromatic rings. The molecular weight excluding hydrogens is 410 g/mol. The number of hydrogen-bond acceptors (Lipinski definition) is 6. The normalized spacial score (nSPS) is 18.5. The number of ether oxygens (including phenoxy) is 1. The molecule has 1 fully saturated rings. The minimum atomic E-state index is -3.52. The van der Waals surface area contributed by atoms with Crippen molar-refractivity contribution < 1.29 is 13.2 Å². The van der Waals surface area contributed by atoms with Crippen molar-refractivity contribution in [1.29, 1.82) is 0 Å². The molecule has 0 N–H and O–H groups in total. The molecule has 29 heavy (non-hydrogen) atoms. The van der Waals surface area contributed by atoms with Crippen molar-refractivity contribution in [2.24, 2.45) is 0 Å². The molecule has 4 rings (SSSR count). The smallest absolute Gasteiger partial charge is 0.308 e. The van der Waals surface area contributed by atoms with Crippen LogP contribution in [0.3, 0.4) is 0 Å². The van der Waals surface area contributed by atoms with Crippen LogP contribution in [0.25, 0.3) is 0 Å². The van der Waals surface area contributed by atoms with Crippen molar-refractivity contribution in [2.75, 3.05) is 32.8 Å².